The molecule has 1 saturated heterocycles. The topological polar surface area (TPSA) is 71.3 Å². The van der Waals surface area contributed by atoms with E-state index in [0.717, 1.165) is 25.1 Å². The van der Waals surface area contributed by atoms with Gasteiger partial charge in [0.25, 0.3) is 5.69 Å². The van der Waals surface area contributed by atoms with Crippen LogP contribution < -0.4 is 5.32 Å². The molecule has 1 fully saturated rings. The number of rotatable bonds is 4. The first-order chi connectivity index (χ1) is 9.90. The lowest BCUT2D eigenvalue weighted by atomic mass is 9.98. The second-order valence-electron chi connectivity index (χ2n) is 6.05. The zero-order chi connectivity index (χ0) is 15.6. The van der Waals surface area contributed by atoms with Gasteiger partial charge in [0.15, 0.2) is 0 Å². The molecule has 0 amide bonds. The van der Waals surface area contributed by atoms with Gasteiger partial charge in [-0.05, 0) is 47.2 Å². The van der Waals surface area contributed by atoms with Crippen LogP contribution in [0.4, 0.5) is 5.69 Å². The Labute approximate surface area is 125 Å². The zero-order valence-electron chi connectivity index (χ0n) is 13.2. The van der Waals surface area contributed by atoms with Crippen LogP contribution in [0.25, 0.3) is 0 Å². The van der Waals surface area contributed by atoms with Crippen LogP contribution in [0.1, 0.15) is 36.6 Å². The molecule has 0 spiro atoms. The van der Waals surface area contributed by atoms with Gasteiger partial charge in [0.2, 0.25) is 0 Å². The molecule has 6 nitrogen and oxygen atoms in total. The Bertz CT molecular complexity index is 533. The van der Waals surface area contributed by atoms with Crippen molar-refractivity contribution in [1.29, 1.82) is 0 Å². The Morgan fingerprint density at radius 2 is 2.24 bits per heavy atom. The number of aromatic nitrogens is 1. The average molecular weight is 292 g/mol. The van der Waals surface area contributed by atoms with Crippen molar-refractivity contribution in [2.24, 2.45) is 0 Å². The number of hydrogen-bond acceptors (Lipinski definition) is 5. The third kappa shape index (κ3) is 3.57. The monoisotopic (exact) mass is 292 g/mol. The molecule has 2 unspecified atom stereocenters. The van der Waals surface area contributed by atoms with Crippen LogP contribution in [-0.4, -0.2) is 40.5 Å². The Hall–Kier alpha value is -1.53. The van der Waals surface area contributed by atoms with E-state index in [1.807, 2.05) is 0 Å². The third-order valence-electron chi connectivity index (χ3n) is 4.52. The number of likely N-dealkylation sites (tertiary alicyclic amines) is 1. The molecule has 1 aromatic heterocycles. The number of nitrogens with one attached hydrogen (secondary N) is 1. The van der Waals surface area contributed by atoms with E-state index in [-0.39, 0.29) is 10.6 Å². The SMILES string of the molecule is Cc1cnc(CNC2CCN(C)C(C)C2)c(C)c1[N+](=O)[O-]. The Morgan fingerprint density at radius 1 is 1.52 bits per heavy atom. The van der Waals surface area contributed by atoms with Crippen LogP contribution in [0.2, 0.25) is 0 Å². The van der Waals surface area contributed by atoms with Gasteiger partial charge >= 0.3 is 0 Å². The summed E-state index contributed by atoms with van der Waals surface area (Å²) in [4.78, 5) is 17.5. The second-order valence-corrected chi connectivity index (χ2v) is 6.05. The molecule has 2 atom stereocenters. The molecule has 0 aliphatic carbocycles. The van der Waals surface area contributed by atoms with Crippen molar-refractivity contribution in [3.05, 3.63) is 33.1 Å². The standard InChI is InChI=1S/C15H24N4O2/c1-10-8-17-14(12(3)15(10)19(20)21)9-16-13-5-6-18(4)11(2)7-13/h8,11,13,16H,5-7,9H2,1-4H3. The second kappa shape index (κ2) is 6.49. The maximum absolute atomic E-state index is 11.1. The fourth-order valence-electron chi connectivity index (χ4n) is 2.94. The summed E-state index contributed by atoms with van der Waals surface area (Å²) in [6.45, 7) is 7.42. The van der Waals surface area contributed by atoms with Gasteiger partial charge in [-0.2, -0.15) is 0 Å². The normalized spacial score (nSPS) is 23.2. The third-order valence-corrected chi connectivity index (χ3v) is 4.52. The molecule has 1 N–H and O–H groups in total. The molecule has 0 radical (unpaired) electrons. The van der Waals surface area contributed by atoms with Crippen LogP contribution >= 0.6 is 0 Å². The van der Waals surface area contributed by atoms with E-state index < -0.39 is 0 Å². The van der Waals surface area contributed by atoms with E-state index in [0.29, 0.717) is 29.8 Å². The van der Waals surface area contributed by atoms with Crippen molar-refractivity contribution in [1.82, 2.24) is 15.2 Å². The van der Waals surface area contributed by atoms with E-state index in [1.54, 1.807) is 20.0 Å². The molecule has 116 valence electrons. The summed E-state index contributed by atoms with van der Waals surface area (Å²) in [7, 11) is 2.15. The number of nitrogens with zero attached hydrogens (tertiary/aromatic N) is 3. The molecule has 21 heavy (non-hydrogen) atoms. The van der Waals surface area contributed by atoms with Crippen LogP contribution in [0.3, 0.4) is 0 Å². The minimum Gasteiger partial charge on any atom is -0.308 e. The van der Waals surface area contributed by atoms with Crippen molar-refractivity contribution in [2.75, 3.05) is 13.6 Å². The highest BCUT2D eigenvalue weighted by Gasteiger charge is 2.23. The van der Waals surface area contributed by atoms with Crippen molar-refractivity contribution in [3.63, 3.8) is 0 Å². The predicted octanol–water partition coefficient (Wildman–Crippen LogP) is 2.18. The summed E-state index contributed by atoms with van der Waals surface area (Å²) in [6.07, 6.45) is 3.80. The molecular formula is C15H24N4O2. The summed E-state index contributed by atoms with van der Waals surface area (Å²) in [5.74, 6) is 0. The highest BCUT2D eigenvalue weighted by Crippen LogP contribution is 2.24. The van der Waals surface area contributed by atoms with Gasteiger partial charge in [-0.15, -0.1) is 0 Å². The summed E-state index contributed by atoms with van der Waals surface area (Å²) in [6, 6.07) is 1.02. The molecule has 2 rings (SSSR count). The summed E-state index contributed by atoms with van der Waals surface area (Å²) in [5.41, 5.74) is 2.26. The fraction of sp³-hybridized carbons (Fsp3) is 0.667. The van der Waals surface area contributed by atoms with Crippen molar-refractivity contribution in [2.45, 2.75) is 52.2 Å². The highest BCUT2D eigenvalue weighted by atomic mass is 16.6. The molecule has 1 aliphatic rings. The molecule has 0 bridgehead atoms. The maximum Gasteiger partial charge on any atom is 0.278 e. The van der Waals surface area contributed by atoms with Crippen molar-refractivity contribution < 1.29 is 4.92 Å². The zero-order valence-corrected chi connectivity index (χ0v) is 13.2. The van der Waals surface area contributed by atoms with Gasteiger partial charge in [-0.25, -0.2) is 0 Å². The first kappa shape index (κ1) is 15.9. The van der Waals surface area contributed by atoms with Crippen molar-refractivity contribution in [3.8, 4) is 0 Å². The largest absolute Gasteiger partial charge is 0.308 e. The lowest BCUT2D eigenvalue weighted by Gasteiger charge is -2.35. The van der Waals surface area contributed by atoms with E-state index in [2.05, 4.69) is 29.2 Å². The van der Waals surface area contributed by atoms with Gasteiger partial charge in [0.05, 0.1) is 10.6 Å². The van der Waals surface area contributed by atoms with E-state index >= 15 is 0 Å². The molecule has 1 aromatic rings. The van der Waals surface area contributed by atoms with Crippen LogP contribution in [0.15, 0.2) is 6.20 Å². The van der Waals surface area contributed by atoms with Crippen LogP contribution in [0, 0.1) is 24.0 Å². The first-order valence-electron chi connectivity index (χ1n) is 7.43. The number of aryl methyl sites for hydroxylation is 1. The van der Waals surface area contributed by atoms with E-state index in [4.69, 9.17) is 0 Å². The number of nitro groups is 1. The molecule has 6 heteroatoms. The number of piperidine rings is 1. The van der Waals surface area contributed by atoms with Crippen LogP contribution in [-0.2, 0) is 6.54 Å². The van der Waals surface area contributed by atoms with Gasteiger partial charge in [-0.3, -0.25) is 15.1 Å². The summed E-state index contributed by atoms with van der Waals surface area (Å²) in [5, 5.41) is 14.6. The Kier molecular flexibility index (Phi) is 4.90. The average Bonchev–Trinajstić information content (AvgIpc) is 2.41. The quantitative estimate of drug-likeness (QED) is 0.680. The maximum atomic E-state index is 11.1. The van der Waals surface area contributed by atoms with Gasteiger partial charge in [0, 0.05) is 36.0 Å². The minimum atomic E-state index is -0.312. The highest BCUT2D eigenvalue weighted by molar-refractivity contribution is 5.47. The van der Waals surface area contributed by atoms with E-state index in [9.17, 15) is 10.1 Å². The number of hydrogen-bond donors (Lipinski definition) is 1. The van der Waals surface area contributed by atoms with Gasteiger partial charge < -0.3 is 10.2 Å². The summed E-state index contributed by atoms with van der Waals surface area (Å²) < 4.78 is 0. The fourth-order valence-corrected chi connectivity index (χ4v) is 2.94. The predicted molar refractivity (Wildman–Crippen MR) is 82.3 cm³/mol. The van der Waals surface area contributed by atoms with Crippen LogP contribution in [0.5, 0.6) is 0 Å². The Morgan fingerprint density at radius 3 is 2.86 bits per heavy atom. The van der Waals surface area contributed by atoms with Gasteiger partial charge in [-0.1, -0.05) is 0 Å². The molecule has 0 saturated carbocycles. The number of pyridine rings is 1. The molecular weight excluding hydrogens is 268 g/mol. The molecule has 1 aliphatic heterocycles. The van der Waals surface area contributed by atoms with Crippen molar-refractivity contribution >= 4 is 5.69 Å². The molecule has 2 heterocycles. The lowest BCUT2D eigenvalue weighted by molar-refractivity contribution is -0.386. The first-order valence-corrected chi connectivity index (χ1v) is 7.43. The van der Waals surface area contributed by atoms with E-state index in [1.165, 1.54) is 0 Å². The Balaban J connectivity index is 2.04. The molecule has 0 aromatic carbocycles. The minimum absolute atomic E-state index is 0.193. The summed E-state index contributed by atoms with van der Waals surface area (Å²) >= 11 is 0. The smallest absolute Gasteiger partial charge is 0.278 e. The van der Waals surface area contributed by atoms with Gasteiger partial charge in [0.1, 0.15) is 0 Å². The lowest BCUT2D eigenvalue weighted by Crippen LogP contribution is -2.45.